The maximum atomic E-state index is 9.06. The number of aryl methyl sites for hydroxylation is 2. The lowest BCUT2D eigenvalue weighted by atomic mass is 10.0. The number of likely N-dealkylation sites (N-methyl/N-ethyl adjacent to an activating group) is 1. The van der Waals surface area contributed by atoms with Crippen LogP contribution in [0.25, 0.3) is 11.4 Å². The number of nitrogens with one attached hydrogen (secondary N) is 2. The molecule has 0 radical (unpaired) electrons. The lowest BCUT2D eigenvalue weighted by Gasteiger charge is -2.28. The van der Waals surface area contributed by atoms with E-state index in [9.17, 15) is 0 Å². The number of carbonyl (C=O) groups excluding carboxylic acids is 1. The summed E-state index contributed by atoms with van der Waals surface area (Å²) in [5.41, 5.74) is 8.39. The van der Waals surface area contributed by atoms with Gasteiger partial charge in [-0.25, -0.2) is 9.97 Å². The minimum Gasteiger partial charge on any atom is -0.362 e. The number of nitrogens with zero attached hydrogens (tertiary/aromatic N) is 5. The first-order chi connectivity index (χ1) is 20.9. The van der Waals surface area contributed by atoms with E-state index >= 15 is 0 Å². The number of aromatic nitrogens is 2. The number of hydrogen-bond donors (Lipinski definition) is 2. The van der Waals surface area contributed by atoms with Gasteiger partial charge in [-0.05, 0) is 57.4 Å². The van der Waals surface area contributed by atoms with Crippen LogP contribution in [0.1, 0.15) is 48.7 Å². The lowest BCUT2D eigenvalue weighted by molar-refractivity contribution is -0.109. The van der Waals surface area contributed by atoms with Gasteiger partial charge in [0.05, 0.1) is 17.1 Å². The molecule has 8 nitrogen and oxygen atoms in total. The molecular formula is C35H47N7O. The zero-order valence-electron chi connectivity index (χ0n) is 26.8. The normalized spacial score (nSPS) is 12.6. The number of amides is 1. The van der Waals surface area contributed by atoms with Crippen LogP contribution in [0.4, 0.5) is 5.95 Å². The third-order valence-electron chi connectivity index (χ3n) is 6.59. The van der Waals surface area contributed by atoms with Gasteiger partial charge in [-0.15, -0.1) is 0 Å². The SMILES string of the molecule is C=N/C(=C(/c1ccnc(NCc2ccc(C)cc2)n1)N1C=CC(CN(C)CC)=CC1)c1ccc(C)cc1.CC.CNC=O. The largest absolute Gasteiger partial charge is 0.362 e. The van der Waals surface area contributed by atoms with E-state index in [1.54, 1.807) is 13.2 Å². The number of anilines is 1. The molecule has 0 atom stereocenters. The average molecular weight is 582 g/mol. The van der Waals surface area contributed by atoms with Crippen molar-refractivity contribution in [3.8, 4) is 0 Å². The van der Waals surface area contributed by atoms with Crippen LogP contribution < -0.4 is 10.6 Å². The Labute approximate surface area is 258 Å². The number of hydrogen-bond acceptors (Lipinski definition) is 7. The van der Waals surface area contributed by atoms with Gasteiger partial charge < -0.3 is 20.4 Å². The van der Waals surface area contributed by atoms with Crippen molar-refractivity contribution in [2.24, 2.45) is 4.99 Å². The molecule has 0 aliphatic carbocycles. The summed E-state index contributed by atoms with van der Waals surface area (Å²) in [5, 5.41) is 5.62. The van der Waals surface area contributed by atoms with Gasteiger partial charge in [-0.2, -0.15) is 0 Å². The van der Waals surface area contributed by atoms with E-state index in [1.807, 2.05) is 19.9 Å². The molecule has 4 rings (SSSR count). The van der Waals surface area contributed by atoms with Gasteiger partial charge >= 0.3 is 0 Å². The fraction of sp³-hybridized carbons (Fsp3) is 0.314. The molecule has 1 aliphatic heterocycles. The van der Waals surface area contributed by atoms with Crippen molar-refractivity contribution in [3.05, 3.63) is 113 Å². The molecule has 2 heterocycles. The quantitative estimate of drug-likeness (QED) is 0.203. The first-order valence-corrected chi connectivity index (χ1v) is 14.7. The molecule has 0 fully saturated rings. The molecule has 1 aromatic heterocycles. The van der Waals surface area contributed by atoms with Gasteiger partial charge in [-0.1, -0.05) is 86.5 Å². The molecule has 228 valence electrons. The van der Waals surface area contributed by atoms with Gasteiger partial charge in [0.2, 0.25) is 12.4 Å². The van der Waals surface area contributed by atoms with E-state index in [2.05, 4.69) is 132 Å². The second-order valence-corrected chi connectivity index (χ2v) is 9.81. The molecule has 0 saturated carbocycles. The Bertz CT molecular complexity index is 1380. The Morgan fingerprint density at radius 3 is 2.23 bits per heavy atom. The Morgan fingerprint density at radius 1 is 1.07 bits per heavy atom. The van der Waals surface area contributed by atoms with Crippen LogP contribution >= 0.6 is 0 Å². The topological polar surface area (TPSA) is 85.8 Å². The van der Waals surface area contributed by atoms with Gasteiger partial charge in [0.25, 0.3) is 0 Å². The van der Waals surface area contributed by atoms with E-state index in [-0.39, 0.29) is 0 Å². The molecule has 0 unspecified atom stereocenters. The van der Waals surface area contributed by atoms with Gasteiger partial charge in [0, 0.05) is 44.6 Å². The number of benzene rings is 2. The van der Waals surface area contributed by atoms with Crippen molar-refractivity contribution in [2.45, 2.75) is 41.2 Å². The van der Waals surface area contributed by atoms with Crippen LogP contribution in [0.5, 0.6) is 0 Å². The first-order valence-electron chi connectivity index (χ1n) is 14.7. The third-order valence-corrected chi connectivity index (χ3v) is 6.59. The van der Waals surface area contributed by atoms with Crippen LogP contribution in [-0.4, -0.2) is 66.6 Å². The summed E-state index contributed by atoms with van der Waals surface area (Å²) in [4.78, 5) is 27.4. The van der Waals surface area contributed by atoms with Crippen molar-refractivity contribution in [1.29, 1.82) is 0 Å². The predicted octanol–water partition coefficient (Wildman–Crippen LogP) is 6.33. The summed E-state index contributed by atoms with van der Waals surface area (Å²) >= 11 is 0. The molecule has 0 spiro atoms. The molecular weight excluding hydrogens is 534 g/mol. The lowest BCUT2D eigenvalue weighted by Crippen LogP contribution is -2.25. The molecule has 3 aromatic rings. The highest BCUT2D eigenvalue weighted by molar-refractivity contribution is 5.90. The van der Waals surface area contributed by atoms with Gasteiger partial charge in [-0.3, -0.25) is 9.79 Å². The monoisotopic (exact) mass is 581 g/mol. The van der Waals surface area contributed by atoms with Crippen LogP contribution in [0.3, 0.4) is 0 Å². The van der Waals surface area contributed by atoms with E-state index in [0.29, 0.717) is 18.9 Å². The van der Waals surface area contributed by atoms with Gasteiger partial charge in [0.1, 0.15) is 0 Å². The molecule has 43 heavy (non-hydrogen) atoms. The Kier molecular flexibility index (Phi) is 15.1. The minimum atomic E-state index is 0.574. The summed E-state index contributed by atoms with van der Waals surface area (Å²) in [6, 6.07) is 18.8. The number of carbonyl (C=O) groups is 1. The van der Waals surface area contributed by atoms with E-state index in [1.165, 1.54) is 22.3 Å². The molecule has 1 amide bonds. The number of rotatable bonds is 11. The van der Waals surface area contributed by atoms with Crippen molar-refractivity contribution >= 4 is 30.5 Å². The predicted molar refractivity (Wildman–Crippen MR) is 182 cm³/mol. The average Bonchev–Trinajstić information content (AvgIpc) is 3.05. The number of aliphatic imine (C=N–C) groups is 1. The van der Waals surface area contributed by atoms with Crippen molar-refractivity contribution in [3.63, 3.8) is 0 Å². The van der Waals surface area contributed by atoms with Crippen LogP contribution in [0, 0.1) is 13.8 Å². The van der Waals surface area contributed by atoms with E-state index in [4.69, 9.17) is 9.78 Å². The Morgan fingerprint density at radius 2 is 1.70 bits per heavy atom. The zero-order valence-corrected chi connectivity index (χ0v) is 26.8. The second kappa shape index (κ2) is 18.8. The Hall–Kier alpha value is -4.56. The molecule has 1 aliphatic rings. The van der Waals surface area contributed by atoms with E-state index < -0.39 is 0 Å². The van der Waals surface area contributed by atoms with Crippen LogP contribution in [-0.2, 0) is 11.3 Å². The fourth-order valence-electron chi connectivity index (χ4n) is 4.12. The third kappa shape index (κ3) is 11.0. The summed E-state index contributed by atoms with van der Waals surface area (Å²) < 4.78 is 0. The van der Waals surface area contributed by atoms with Crippen molar-refractivity contribution in [1.82, 2.24) is 25.1 Å². The maximum absolute atomic E-state index is 9.06. The van der Waals surface area contributed by atoms with Crippen LogP contribution in [0.15, 0.2) is 89.7 Å². The highest BCUT2D eigenvalue weighted by Crippen LogP contribution is 2.31. The highest BCUT2D eigenvalue weighted by atomic mass is 16.1. The smallest absolute Gasteiger partial charge is 0.223 e. The van der Waals surface area contributed by atoms with Crippen molar-refractivity contribution in [2.75, 3.05) is 39.0 Å². The van der Waals surface area contributed by atoms with Crippen molar-refractivity contribution < 1.29 is 4.79 Å². The highest BCUT2D eigenvalue weighted by Gasteiger charge is 2.20. The standard InChI is InChI=1S/C31H36N6.C2H5NO.C2H6/c1-6-36(5)22-26-16-19-37(20-17-26)30(29(32-4)27-13-9-24(3)10-14-27)28-15-18-33-31(35-28)34-21-25-11-7-23(2)8-12-25;1-3-2-4;1-2/h7-19H,4,6,20-22H2,1-3,5H3,(H,33,34,35);2H,1H3,(H,3,4);1-2H3/b30-29-;;. The molecule has 8 heteroatoms. The zero-order chi connectivity index (χ0) is 31.6. The minimum absolute atomic E-state index is 0.574. The molecule has 2 N–H and O–H groups in total. The Balaban J connectivity index is 0.000000993. The van der Waals surface area contributed by atoms with Gasteiger partial charge in [0.15, 0.2) is 0 Å². The molecule has 0 saturated heterocycles. The first kappa shape index (κ1) is 34.6. The second-order valence-electron chi connectivity index (χ2n) is 9.81. The summed E-state index contributed by atoms with van der Waals surface area (Å²) in [7, 11) is 3.70. The summed E-state index contributed by atoms with van der Waals surface area (Å²) in [6.07, 6.45) is 8.97. The maximum Gasteiger partial charge on any atom is 0.223 e. The summed E-state index contributed by atoms with van der Waals surface area (Å²) in [6.45, 7) is 17.6. The molecule has 0 bridgehead atoms. The van der Waals surface area contributed by atoms with E-state index in [0.717, 1.165) is 42.3 Å². The fourth-order valence-corrected chi connectivity index (χ4v) is 4.12. The molecule has 2 aromatic carbocycles. The van der Waals surface area contributed by atoms with Crippen LogP contribution in [0.2, 0.25) is 0 Å². The summed E-state index contributed by atoms with van der Waals surface area (Å²) in [5.74, 6) is 0.574.